The number of hydrogen-bond donors (Lipinski definition) is 0. The van der Waals surface area contributed by atoms with E-state index >= 15 is 0 Å². The Hall–Kier alpha value is -0.260. The van der Waals surface area contributed by atoms with Crippen LogP contribution in [0.25, 0.3) is 0 Å². The standard InChI is InChI=1S/C11H20/c1-5-10-9(2)7-6-8-11(10,3)4/h5,9-10H,1,6-8H2,2-4H3/t9-,10+/m0/s1. The molecule has 64 valence electrons. The fourth-order valence-electron chi connectivity index (χ4n) is 2.55. The van der Waals surface area contributed by atoms with Gasteiger partial charge in [-0.25, -0.2) is 0 Å². The van der Waals surface area contributed by atoms with E-state index in [0.717, 1.165) is 11.8 Å². The van der Waals surface area contributed by atoms with E-state index in [1.165, 1.54) is 19.3 Å². The number of hydrogen-bond acceptors (Lipinski definition) is 0. The van der Waals surface area contributed by atoms with E-state index in [0.29, 0.717) is 5.41 Å². The van der Waals surface area contributed by atoms with E-state index in [-0.39, 0.29) is 0 Å². The first-order valence-electron chi connectivity index (χ1n) is 4.70. The summed E-state index contributed by atoms with van der Waals surface area (Å²) >= 11 is 0. The number of rotatable bonds is 1. The van der Waals surface area contributed by atoms with Crippen molar-refractivity contribution in [1.82, 2.24) is 0 Å². The lowest BCUT2D eigenvalue weighted by atomic mass is 9.64. The highest BCUT2D eigenvalue weighted by Gasteiger charge is 2.34. The predicted octanol–water partition coefficient (Wildman–Crippen LogP) is 3.63. The van der Waals surface area contributed by atoms with Crippen molar-refractivity contribution < 1.29 is 0 Å². The normalized spacial score (nSPS) is 36.6. The van der Waals surface area contributed by atoms with Gasteiger partial charge in [0.15, 0.2) is 0 Å². The smallest absolute Gasteiger partial charge is 0.0159 e. The molecule has 1 aliphatic carbocycles. The van der Waals surface area contributed by atoms with Crippen molar-refractivity contribution >= 4 is 0 Å². The lowest BCUT2D eigenvalue weighted by Crippen LogP contribution is -2.31. The van der Waals surface area contributed by atoms with Crippen molar-refractivity contribution in [1.29, 1.82) is 0 Å². The molecule has 0 aromatic rings. The monoisotopic (exact) mass is 152 g/mol. The predicted molar refractivity (Wildman–Crippen MR) is 50.5 cm³/mol. The molecule has 1 aliphatic rings. The minimum atomic E-state index is 0.499. The summed E-state index contributed by atoms with van der Waals surface area (Å²) in [6.45, 7) is 11.0. The Bertz CT molecular complexity index is 144. The third-order valence-corrected chi connectivity index (χ3v) is 3.25. The summed E-state index contributed by atoms with van der Waals surface area (Å²) in [5.74, 6) is 1.58. The Labute approximate surface area is 70.7 Å². The molecule has 0 amide bonds. The van der Waals surface area contributed by atoms with Gasteiger partial charge in [0.1, 0.15) is 0 Å². The lowest BCUT2D eigenvalue weighted by Gasteiger charge is -2.41. The van der Waals surface area contributed by atoms with Crippen LogP contribution in [-0.4, -0.2) is 0 Å². The van der Waals surface area contributed by atoms with Gasteiger partial charge in [-0.1, -0.05) is 39.7 Å². The highest BCUT2D eigenvalue weighted by atomic mass is 14.4. The van der Waals surface area contributed by atoms with E-state index in [9.17, 15) is 0 Å². The fourth-order valence-corrected chi connectivity index (χ4v) is 2.55. The van der Waals surface area contributed by atoms with Crippen molar-refractivity contribution in [2.75, 3.05) is 0 Å². The molecule has 1 fully saturated rings. The van der Waals surface area contributed by atoms with Crippen LogP contribution in [-0.2, 0) is 0 Å². The van der Waals surface area contributed by atoms with Gasteiger partial charge < -0.3 is 0 Å². The summed E-state index contributed by atoms with van der Waals surface area (Å²) in [5.41, 5.74) is 0.499. The molecule has 1 rings (SSSR count). The second kappa shape index (κ2) is 3.00. The van der Waals surface area contributed by atoms with Gasteiger partial charge in [0.25, 0.3) is 0 Å². The summed E-state index contributed by atoms with van der Waals surface area (Å²) in [6.07, 6.45) is 6.32. The van der Waals surface area contributed by atoms with Crippen molar-refractivity contribution in [2.45, 2.75) is 40.0 Å². The molecule has 0 N–H and O–H groups in total. The maximum atomic E-state index is 3.93. The average molecular weight is 152 g/mol. The fraction of sp³-hybridized carbons (Fsp3) is 0.818. The quantitative estimate of drug-likeness (QED) is 0.503. The summed E-state index contributed by atoms with van der Waals surface area (Å²) in [4.78, 5) is 0. The first kappa shape index (κ1) is 8.83. The van der Waals surface area contributed by atoms with Crippen molar-refractivity contribution in [3.05, 3.63) is 12.7 Å². The first-order valence-corrected chi connectivity index (χ1v) is 4.70. The van der Waals surface area contributed by atoms with E-state index in [1.807, 2.05) is 0 Å². The Morgan fingerprint density at radius 1 is 1.45 bits per heavy atom. The first-order chi connectivity index (χ1) is 5.08. The van der Waals surface area contributed by atoms with Gasteiger partial charge in [-0.2, -0.15) is 0 Å². The molecule has 11 heavy (non-hydrogen) atoms. The molecular formula is C11H20. The highest BCUT2D eigenvalue weighted by Crippen LogP contribution is 2.44. The molecule has 0 radical (unpaired) electrons. The Kier molecular flexibility index (Phi) is 2.41. The summed E-state index contributed by atoms with van der Waals surface area (Å²) < 4.78 is 0. The van der Waals surface area contributed by atoms with Crippen LogP contribution < -0.4 is 0 Å². The Morgan fingerprint density at radius 2 is 2.09 bits per heavy atom. The van der Waals surface area contributed by atoms with Crippen molar-refractivity contribution in [3.8, 4) is 0 Å². The van der Waals surface area contributed by atoms with Crippen molar-refractivity contribution in [2.24, 2.45) is 17.3 Å². The molecule has 0 heteroatoms. The number of allylic oxidation sites excluding steroid dienone is 1. The summed E-state index contributed by atoms with van der Waals surface area (Å²) in [7, 11) is 0. The van der Waals surface area contributed by atoms with E-state index < -0.39 is 0 Å². The largest absolute Gasteiger partial charge is 0.103 e. The minimum absolute atomic E-state index is 0.499. The van der Waals surface area contributed by atoms with E-state index in [1.54, 1.807) is 0 Å². The summed E-state index contributed by atoms with van der Waals surface area (Å²) in [5, 5.41) is 0. The third kappa shape index (κ3) is 1.66. The van der Waals surface area contributed by atoms with Crippen molar-refractivity contribution in [3.63, 3.8) is 0 Å². The third-order valence-electron chi connectivity index (χ3n) is 3.25. The maximum absolute atomic E-state index is 3.93. The maximum Gasteiger partial charge on any atom is -0.0159 e. The molecule has 0 heterocycles. The molecule has 0 bridgehead atoms. The van der Waals surface area contributed by atoms with Crippen LogP contribution >= 0.6 is 0 Å². The van der Waals surface area contributed by atoms with Crippen LogP contribution in [0.2, 0.25) is 0 Å². The Morgan fingerprint density at radius 3 is 2.45 bits per heavy atom. The van der Waals surface area contributed by atoms with E-state index in [2.05, 4.69) is 33.4 Å². The minimum Gasteiger partial charge on any atom is -0.103 e. The molecule has 0 aromatic heterocycles. The average Bonchev–Trinajstić information content (AvgIpc) is 1.86. The lowest BCUT2D eigenvalue weighted by molar-refractivity contribution is 0.123. The molecule has 0 unspecified atom stereocenters. The second-order valence-electron chi connectivity index (χ2n) is 4.62. The molecule has 0 saturated heterocycles. The van der Waals surface area contributed by atoms with Gasteiger partial charge in [0, 0.05) is 0 Å². The SMILES string of the molecule is C=C[C@@H]1[C@@H](C)CCCC1(C)C. The van der Waals surface area contributed by atoms with Crippen LogP contribution in [0, 0.1) is 17.3 Å². The van der Waals surface area contributed by atoms with Crippen LogP contribution in [0.1, 0.15) is 40.0 Å². The molecule has 0 spiro atoms. The van der Waals surface area contributed by atoms with Gasteiger partial charge >= 0.3 is 0 Å². The molecular weight excluding hydrogens is 132 g/mol. The Balaban J connectivity index is 2.72. The zero-order valence-electron chi connectivity index (χ0n) is 8.06. The van der Waals surface area contributed by atoms with Crippen LogP contribution in [0.15, 0.2) is 12.7 Å². The molecule has 0 aliphatic heterocycles. The van der Waals surface area contributed by atoms with Crippen LogP contribution in [0.5, 0.6) is 0 Å². The van der Waals surface area contributed by atoms with Gasteiger partial charge in [0.2, 0.25) is 0 Å². The summed E-state index contributed by atoms with van der Waals surface area (Å²) in [6, 6.07) is 0. The van der Waals surface area contributed by atoms with Gasteiger partial charge in [-0.05, 0) is 23.7 Å². The molecule has 1 saturated carbocycles. The van der Waals surface area contributed by atoms with Gasteiger partial charge in [0.05, 0.1) is 0 Å². The van der Waals surface area contributed by atoms with Crippen LogP contribution in [0.3, 0.4) is 0 Å². The molecule has 2 atom stereocenters. The zero-order valence-corrected chi connectivity index (χ0v) is 8.06. The highest BCUT2D eigenvalue weighted by molar-refractivity contribution is 4.95. The van der Waals surface area contributed by atoms with Crippen LogP contribution in [0.4, 0.5) is 0 Å². The second-order valence-corrected chi connectivity index (χ2v) is 4.62. The van der Waals surface area contributed by atoms with Gasteiger partial charge in [-0.15, -0.1) is 6.58 Å². The molecule has 0 nitrogen and oxygen atoms in total. The van der Waals surface area contributed by atoms with E-state index in [4.69, 9.17) is 0 Å². The molecule has 0 aromatic carbocycles. The van der Waals surface area contributed by atoms with Gasteiger partial charge in [-0.3, -0.25) is 0 Å². The zero-order chi connectivity index (χ0) is 8.48. The topological polar surface area (TPSA) is 0 Å².